The fraction of sp³-hybridized carbons (Fsp3) is 0.667. The average Bonchev–Trinajstić information content (AvgIpc) is 2.50. The first-order chi connectivity index (χ1) is 10.3. The standard InChI is InChI=1S/C18H31NO2/c1-3-4-5-6-7-8-9-13-21-17-12-10-11-16(14-17)18(20)15-19-2/h10-12,14,18-20H,3-9,13,15H2,1-2H3/t18-/m1/s1. The fourth-order valence-corrected chi connectivity index (χ4v) is 2.37. The molecule has 120 valence electrons. The summed E-state index contributed by atoms with van der Waals surface area (Å²) >= 11 is 0. The van der Waals surface area contributed by atoms with Gasteiger partial charge in [-0.2, -0.15) is 0 Å². The summed E-state index contributed by atoms with van der Waals surface area (Å²) in [6, 6.07) is 7.76. The zero-order chi connectivity index (χ0) is 15.3. The molecule has 0 spiro atoms. The van der Waals surface area contributed by atoms with Crippen LogP contribution in [0, 0.1) is 0 Å². The van der Waals surface area contributed by atoms with E-state index in [1.54, 1.807) is 0 Å². The van der Waals surface area contributed by atoms with Gasteiger partial charge in [0.15, 0.2) is 0 Å². The molecular weight excluding hydrogens is 262 g/mol. The summed E-state index contributed by atoms with van der Waals surface area (Å²) in [7, 11) is 1.84. The third-order valence-electron chi connectivity index (χ3n) is 3.66. The molecule has 0 aliphatic heterocycles. The second kappa shape index (κ2) is 11.6. The molecule has 0 unspecified atom stereocenters. The predicted molar refractivity (Wildman–Crippen MR) is 88.8 cm³/mol. The number of ether oxygens (including phenoxy) is 1. The molecule has 1 atom stereocenters. The number of nitrogens with one attached hydrogen (secondary N) is 1. The lowest BCUT2D eigenvalue weighted by Crippen LogP contribution is -2.16. The van der Waals surface area contributed by atoms with Crippen LogP contribution >= 0.6 is 0 Å². The Labute approximate surface area is 129 Å². The molecule has 0 aliphatic rings. The highest BCUT2D eigenvalue weighted by molar-refractivity contribution is 5.30. The van der Waals surface area contributed by atoms with Gasteiger partial charge in [-0.05, 0) is 31.2 Å². The quantitative estimate of drug-likeness (QED) is 0.571. The number of hydrogen-bond donors (Lipinski definition) is 2. The summed E-state index contributed by atoms with van der Waals surface area (Å²) in [5, 5.41) is 12.9. The van der Waals surface area contributed by atoms with E-state index in [9.17, 15) is 5.11 Å². The van der Waals surface area contributed by atoms with Crippen LogP contribution in [0.2, 0.25) is 0 Å². The van der Waals surface area contributed by atoms with Crippen molar-refractivity contribution in [3.63, 3.8) is 0 Å². The number of likely N-dealkylation sites (N-methyl/N-ethyl adjacent to an activating group) is 1. The lowest BCUT2D eigenvalue weighted by Gasteiger charge is -2.12. The van der Waals surface area contributed by atoms with Crippen LogP contribution in [0.25, 0.3) is 0 Å². The van der Waals surface area contributed by atoms with Gasteiger partial charge < -0.3 is 15.2 Å². The van der Waals surface area contributed by atoms with E-state index < -0.39 is 6.10 Å². The Hall–Kier alpha value is -1.06. The third-order valence-corrected chi connectivity index (χ3v) is 3.66. The first-order valence-electron chi connectivity index (χ1n) is 8.33. The highest BCUT2D eigenvalue weighted by Gasteiger charge is 2.06. The number of aliphatic hydroxyl groups excluding tert-OH is 1. The molecule has 1 rings (SSSR count). The third kappa shape index (κ3) is 8.08. The summed E-state index contributed by atoms with van der Waals surface area (Å²) in [5.41, 5.74) is 0.904. The smallest absolute Gasteiger partial charge is 0.119 e. The van der Waals surface area contributed by atoms with E-state index in [0.29, 0.717) is 6.54 Å². The van der Waals surface area contributed by atoms with E-state index in [1.165, 1.54) is 38.5 Å². The van der Waals surface area contributed by atoms with Crippen molar-refractivity contribution in [2.75, 3.05) is 20.2 Å². The molecule has 0 amide bonds. The van der Waals surface area contributed by atoms with Crippen LogP contribution in [0.15, 0.2) is 24.3 Å². The normalized spacial score (nSPS) is 12.3. The summed E-state index contributed by atoms with van der Waals surface area (Å²) in [4.78, 5) is 0. The number of unbranched alkanes of at least 4 members (excludes halogenated alkanes) is 6. The van der Waals surface area contributed by atoms with Crippen LogP contribution in [0.4, 0.5) is 0 Å². The molecule has 1 aromatic rings. The van der Waals surface area contributed by atoms with Crippen LogP contribution in [-0.4, -0.2) is 25.3 Å². The number of benzene rings is 1. The molecule has 0 saturated carbocycles. The number of hydrogen-bond acceptors (Lipinski definition) is 3. The van der Waals surface area contributed by atoms with Gasteiger partial charge in [0.1, 0.15) is 5.75 Å². The first-order valence-corrected chi connectivity index (χ1v) is 8.33. The maximum atomic E-state index is 9.94. The predicted octanol–water partition coefficient (Wildman–Crippen LogP) is 4.07. The van der Waals surface area contributed by atoms with E-state index in [2.05, 4.69) is 12.2 Å². The number of rotatable bonds is 12. The molecule has 0 bridgehead atoms. The van der Waals surface area contributed by atoms with Crippen LogP contribution in [0.1, 0.15) is 63.5 Å². The van der Waals surface area contributed by atoms with Crippen molar-refractivity contribution < 1.29 is 9.84 Å². The van der Waals surface area contributed by atoms with Crippen molar-refractivity contribution in [2.45, 2.75) is 58.0 Å². The van der Waals surface area contributed by atoms with E-state index in [4.69, 9.17) is 4.74 Å². The van der Waals surface area contributed by atoms with E-state index in [1.807, 2.05) is 31.3 Å². The average molecular weight is 293 g/mol. The SMILES string of the molecule is CCCCCCCCCOc1cccc([C@H](O)CNC)c1. The second-order valence-electron chi connectivity index (χ2n) is 5.62. The topological polar surface area (TPSA) is 41.5 Å². The van der Waals surface area contributed by atoms with Gasteiger partial charge in [-0.3, -0.25) is 0 Å². The lowest BCUT2D eigenvalue weighted by atomic mass is 10.1. The minimum atomic E-state index is -0.475. The van der Waals surface area contributed by atoms with E-state index in [0.717, 1.165) is 24.3 Å². The Balaban J connectivity index is 2.18. The van der Waals surface area contributed by atoms with Crippen molar-refractivity contribution in [3.05, 3.63) is 29.8 Å². The monoisotopic (exact) mass is 293 g/mol. The molecule has 1 aromatic carbocycles. The molecule has 3 heteroatoms. The van der Waals surface area contributed by atoms with E-state index >= 15 is 0 Å². The van der Waals surface area contributed by atoms with Gasteiger partial charge in [0.25, 0.3) is 0 Å². The Morgan fingerprint density at radius 1 is 1.10 bits per heavy atom. The molecule has 0 saturated heterocycles. The van der Waals surface area contributed by atoms with Crippen molar-refractivity contribution in [2.24, 2.45) is 0 Å². The molecule has 0 heterocycles. The first kappa shape index (κ1) is 18.0. The molecule has 3 nitrogen and oxygen atoms in total. The highest BCUT2D eigenvalue weighted by Crippen LogP contribution is 2.19. The molecule has 21 heavy (non-hydrogen) atoms. The van der Waals surface area contributed by atoms with Crippen LogP contribution in [0.3, 0.4) is 0 Å². The molecule has 0 radical (unpaired) electrons. The minimum Gasteiger partial charge on any atom is -0.494 e. The molecular formula is C18H31NO2. The van der Waals surface area contributed by atoms with Crippen LogP contribution < -0.4 is 10.1 Å². The van der Waals surface area contributed by atoms with Gasteiger partial charge in [0.2, 0.25) is 0 Å². The van der Waals surface area contributed by atoms with Gasteiger partial charge in [-0.15, -0.1) is 0 Å². The largest absolute Gasteiger partial charge is 0.494 e. The van der Waals surface area contributed by atoms with Crippen molar-refractivity contribution in [1.82, 2.24) is 5.32 Å². The molecule has 0 aromatic heterocycles. The molecule has 0 fully saturated rings. The summed E-state index contributed by atoms with van der Waals surface area (Å²) in [6.45, 7) is 3.57. The minimum absolute atomic E-state index is 0.475. The van der Waals surface area contributed by atoms with Crippen molar-refractivity contribution >= 4 is 0 Å². The maximum absolute atomic E-state index is 9.94. The highest BCUT2D eigenvalue weighted by atomic mass is 16.5. The molecule has 2 N–H and O–H groups in total. The Morgan fingerprint density at radius 3 is 2.52 bits per heavy atom. The Bertz CT molecular complexity index is 368. The summed E-state index contributed by atoms with van der Waals surface area (Å²) in [5.74, 6) is 0.855. The van der Waals surface area contributed by atoms with Gasteiger partial charge in [0.05, 0.1) is 12.7 Å². The maximum Gasteiger partial charge on any atom is 0.119 e. The van der Waals surface area contributed by atoms with Gasteiger partial charge in [-0.1, -0.05) is 57.6 Å². The zero-order valence-corrected chi connectivity index (χ0v) is 13.6. The van der Waals surface area contributed by atoms with E-state index in [-0.39, 0.29) is 0 Å². The van der Waals surface area contributed by atoms with Crippen LogP contribution in [-0.2, 0) is 0 Å². The van der Waals surface area contributed by atoms with Gasteiger partial charge in [-0.25, -0.2) is 0 Å². The zero-order valence-electron chi connectivity index (χ0n) is 13.6. The lowest BCUT2D eigenvalue weighted by molar-refractivity contribution is 0.177. The fourth-order valence-electron chi connectivity index (χ4n) is 2.37. The van der Waals surface area contributed by atoms with Crippen molar-refractivity contribution in [3.8, 4) is 5.75 Å². The summed E-state index contributed by atoms with van der Waals surface area (Å²) in [6.07, 6.45) is 8.56. The van der Waals surface area contributed by atoms with Crippen LogP contribution in [0.5, 0.6) is 5.75 Å². The second-order valence-corrected chi connectivity index (χ2v) is 5.62. The van der Waals surface area contributed by atoms with Gasteiger partial charge in [0, 0.05) is 6.54 Å². The molecule has 0 aliphatic carbocycles. The summed E-state index contributed by atoms with van der Waals surface area (Å²) < 4.78 is 5.77. The number of aliphatic hydroxyl groups is 1. The Kier molecular flexibility index (Phi) is 9.92. The Morgan fingerprint density at radius 2 is 1.81 bits per heavy atom. The van der Waals surface area contributed by atoms with Crippen molar-refractivity contribution in [1.29, 1.82) is 0 Å². The van der Waals surface area contributed by atoms with Gasteiger partial charge >= 0.3 is 0 Å².